The number of pyridine rings is 1. The first-order chi connectivity index (χ1) is 15.9. The van der Waals surface area contributed by atoms with Crippen molar-refractivity contribution in [2.75, 3.05) is 7.05 Å². The van der Waals surface area contributed by atoms with Gasteiger partial charge in [0.1, 0.15) is 40.6 Å². The van der Waals surface area contributed by atoms with Crippen molar-refractivity contribution in [3.05, 3.63) is 82.9 Å². The van der Waals surface area contributed by atoms with E-state index in [2.05, 4.69) is 10.3 Å². The predicted octanol–water partition coefficient (Wildman–Crippen LogP) is 4.36. The van der Waals surface area contributed by atoms with Crippen LogP contribution >= 0.6 is 0 Å². The van der Waals surface area contributed by atoms with E-state index in [0.29, 0.717) is 29.9 Å². The Morgan fingerprint density at radius 3 is 2.73 bits per heavy atom. The topological polar surface area (TPSA) is 77.5 Å². The molecule has 168 valence electrons. The maximum absolute atomic E-state index is 13.5. The van der Waals surface area contributed by atoms with Crippen LogP contribution in [0.2, 0.25) is 0 Å². The molecule has 2 aromatic carbocycles. The average Bonchev–Trinajstić information content (AvgIpc) is 3.32. The van der Waals surface area contributed by atoms with Gasteiger partial charge in [0.25, 0.3) is 5.91 Å². The Morgan fingerprint density at radius 1 is 1.12 bits per heavy atom. The average molecular weight is 446 g/mol. The molecule has 0 saturated heterocycles. The van der Waals surface area contributed by atoms with Gasteiger partial charge < -0.3 is 14.8 Å². The number of carbonyl (C=O) groups excluding carboxylic acids is 2. The highest BCUT2D eigenvalue weighted by Gasteiger charge is 2.58. The Kier molecular flexibility index (Phi) is 5.32. The molecule has 33 heavy (non-hydrogen) atoms. The molecule has 0 radical (unpaired) electrons. The molecule has 5 rings (SSSR count). The van der Waals surface area contributed by atoms with Crippen molar-refractivity contribution in [2.24, 2.45) is 5.92 Å². The zero-order chi connectivity index (χ0) is 23.1. The number of carbonyl (C=O) groups is 2. The first-order valence-electron chi connectivity index (χ1n) is 10.9. The summed E-state index contributed by atoms with van der Waals surface area (Å²) < 4.78 is 25.4. The fraction of sp³-hybridized carbons (Fsp3) is 0.269. The molecule has 0 bridgehead atoms. The zero-order valence-corrected chi connectivity index (χ0v) is 18.3. The van der Waals surface area contributed by atoms with E-state index in [1.165, 1.54) is 12.3 Å². The van der Waals surface area contributed by atoms with E-state index in [0.717, 1.165) is 16.9 Å². The quantitative estimate of drug-likeness (QED) is 0.584. The van der Waals surface area contributed by atoms with Crippen molar-refractivity contribution in [3.8, 4) is 17.2 Å². The molecule has 1 amide bonds. The second-order valence-corrected chi connectivity index (χ2v) is 8.53. The van der Waals surface area contributed by atoms with Gasteiger partial charge in [-0.15, -0.1) is 0 Å². The number of benzene rings is 2. The highest BCUT2D eigenvalue weighted by atomic mass is 19.1. The van der Waals surface area contributed by atoms with Gasteiger partial charge >= 0.3 is 0 Å². The minimum Gasteiger partial charge on any atom is -0.489 e. The lowest BCUT2D eigenvalue weighted by atomic mass is 10.0. The van der Waals surface area contributed by atoms with Gasteiger partial charge in [0.2, 0.25) is 0 Å². The van der Waals surface area contributed by atoms with Gasteiger partial charge in [0, 0.05) is 49.6 Å². The number of nitrogens with zero attached hydrogens (tertiary/aromatic N) is 1. The molecular weight excluding hydrogens is 423 g/mol. The van der Waals surface area contributed by atoms with Crippen LogP contribution in [0.4, 0.5) is 4.39 Å². The first-order valence-corrected chi connectivity index (χ1v) is 10.9. The van der Waals surface area contributed by atoms with Gasteiger partial charge in [-0.2, -0.15) is 0 Å². The lowest BCUT2D eigenvalue weighted by Gasteiger charge is -2.11. The third kappa shape index (κ3) is 4.18. The number of ketones is 1. The van der Waals surface area contributed by atoms with Crippen LogP contribution in [0, 0.1) is 18.7 Å². The van der Waals surface area contributed by atoms with E-state index in [1.54, 1.807) is 38.2 Å². The number of amides is 1. The lowest BCUT2D eigenvalue weighted by Crippen LogP contribution is -2.18. The maximum Gasteiger partial charge on any atom is 0.269 e. The molecule has 3 aromatic rings. The van der Waals surface area contributed by atoms with Gasteiger partial charge in [0.15, 0.2) is 0 Å². The van der Waals surface area contributed by atoms with Crippen molar-refractivity contribution in [1.29, 1.82) is 0 Å². The number of ether oxygens (including phenoxy) is 2. The summed E-state index contributed by atoms with van der Waals surface area (Å²) in [7, 11) is 1.55. The van der Waals surface area contributed by atoms with E-state index in [-0.39, 0.29) is 41.1 Å². The second kappa shape index (κ2) is 8.31. The van der Waals surface area contributed by atoms with Gasteiger partial charge in [0.05, 0.1) is 0 Å². The third-order valence-corrected chi connectivity index (χ3v) is 6.21. The Labute approximate surface area is 190 Å². The summed E-state index contributed by atoms with van der Waals surface area (Å²) in [6, 6.07) is 13.7. The predicted molar refractivity (Wildman–Crippen MR) is 119 cm³/mol. The number of rotatable bonds is 7. The number of hydrogen-bond acceptors (Lipinski definition) is 5. The fourth-order valence-electron chi connectivity index (χ4n) is 4.50. The maximum atomic E-state index is 13.5. The van der Waals surface area contributed by atoms with Crippen LogP contribution in [0.5, 0.6) is 17.2 Å². The summed E-state index contributed by atoms with van der Waals surface area (Å²) in [5.41, 5.74) is 2.69. The summed E-state index contributed by atoms with van der Waals surface area (Å²) >= 11 is 0. The minimum absolute atomic E-state index is 0.00920. The highest BCUT2D eigenvalue weighted by molar-refractivity contribution is 5.92. The SMILES string of the molecule is CNC(=O)c1cc(Oc2ccc3c(c2)[C@H]2[C@H](CC(=O)Cc4ccc(F)c(C)c4)[C@H]2O3)ccn1. The highest BCUT2D eigenvalue weighted by Crippen LogP contribution is 2.60. The standard InChI is InChI=1S/C26H23FN2O4/c1-14-9-15(3-5-21(14)27)10-16(30)11-20-24-19-12-17(4-6-23(19)33-25(20)24)32-18-7-8-29-22(13-18)26(31)28-2/h3-9,12-13,20,24-25H,10-11H2,1-2H3,(H,28,31)/t20-,24-,25+/m0/s1. The number of Topliss-reactive ketones (excluding diaryl/α,β-unsaturated/α-hetero) is 1. The smallest absolute Gasteiger partial charge is 0.269 e. The molecule has 1 aromatic heterocycles. The van der Waals surface area contributed by atoms with Crippen LogP contribution in [0.15, 0.2) is 54.7 Å². The van der Waals surface area contributed by atoms with Crippen LogP contribution < -0.4 is 14.8 Å². The van der Waals surface area contributed by atoms with Gasteiger partial charge in [-0.3, -0.25) is 14.6 Å². The Morgan fingerprint density at radius 2 is 1.94 bits per heavy atom. The number of aromatic nitrogens is 1. The van der Waals surface area contributed by atoms with E-state index < -0.39 is 0 Å². The molecule has 2 heterocycles. The van der Waals surface area contributed by atoms with Gasteiger partial charge in [-0.25, -0.2) is 4.39 Å². The van der Waals surface area contributed by atoms with Crippen LogP contribution in [0.3, 0.4) is 0 Å². The minimum atomic E-state index is -0.285. The summed E-state index contributed by atoms with van der Waals surface area (Å²) in [5.74, 6) is 1.84. The Balaban J connectivity index is 1.24. The van der Waals surface area contributed by atoms with E-state index in [4.69, 9.17) is 9.47 Å². The molecule has 3 atom stereocenters. The number of nitrogens with one attached hydrogen (secondary N) is 1. The molecule has 0 unspecified atom stereocenters. The molecule has 1 aliphatic carbocycles. The fourth-order valence-corrected chi connectivity index (χ4v) is 4.50. The second-order valence-electron chi connectivity index (χ2n) is 8.53. The van der Waals surface area contributed by atoms with Crippen molar-refractivity contribution >= 4 is 11.7 Å². The van der Waals surface area contributed by atoms with E-state index in [1.807, 2.05) is 18.2 Å². The van der Waals surface area contributed by atoms with Crippen LogP contribution in [0.25, 0.3) is 0 Å². The molecule has 6 nitrogen and oxygen atoms in total. The van der Waals surface area contributed by atoms with Crippen LogP contribution in [-0.2, 0) is 11.2 Å². The van der Waals surface area contributed by atoms with E-state index in [9.17, 15) is 14.0 Å². The number of hydrogen-bond donors (Lipinski definition) is 1. The Hall–Kier alpha value is -3.74. The molecule has 0 spiro atoms. The largest absolute Gasteiger partial charge is 0.489 e. The van der Waals surface area contributed by atoms with Crippen molar-refractivity contribution in [3.63, 3.8) is 0 Å². The monoisotopic (exact) mass is 446 g/mol. The summed E-state index contributed by atoms with van der Waals surface area (Å²) in [4.78, 5) is 28.5. The summed E-state index contributed by atoms with van der Waals surface area (Å²) in [6.07, 6.45) is 2.26. The molecule has 7 heteroatoms. The van der Waals surface area contributed by atoms with Gasteiger partial charge in [-0.05, 0) is 48.4 Å². The van der Waals surface area contributed by atoms with Crippen LogP contribution in [0.1, 0.15) is 39.5 Å². The molecular formula is C26H23FN2O4. The number of halogens is 1. The number of aryl methyl sites for hydroxylation is 1. The van der Waals surface area contributed by atoms with Crippen molar-refractivity contribution in [2.45, 2.75) is 31.8 Å². The molecule has 2 aliphatic rings. The lowest BCUT2D eigenvalue weighted by molar-refractivity contribution is -0.118. The van der Waals surface area contributed by atoms with E-state index >= 15 is 0 Å². The van der Waals surface area contributed by atoms with Crippen molar-refractivity contribution in [1.82, 2.24) is 10.3 Å². The molecule has 1 fully saturated rings. The van der Waals surface area contributed by atoms with Gasteiger partial charge in [-0.1, -0.05) is 12.1 Å². The molecule has 1 N–H and O–H groups in total. The number of fused-ring (bicyclic) bond motifs is 3. The van der Waals surface area contributed by atoms with Crippen molar-refractivity contribution < 1.29 is 23.5 Å². The normalized spacial score (nSPS) is 19.8. The molecule has 1 saturated carbocycles. The summed E-state index contributed by atoms with van der Waals surface area (Å²) in [6.45, 7) is 1.70. The molecule has 1 aliphatic heterocycles. The Bertz CT molecular complexity index is 1260. The third-order valence-electron chi connectivity index (χ3n) is 6.21. The zero-order valence-electron chi connectivity index (χ0n) is 18.3. The van der Waals surface area contributed by atoms with Crippen LogP contribution in [-0.4, -0.2) is 29.8 Å². The first kappa shape index (κ1) is 21.1. The summed E-state index contributed by atoms with van der Waals surface area (Å²) in [5, 5.41) is 2.54.